The third kappa shape index (κ3) is 1.62. The molecule has 1 aliphatic rings. The van der Waals surface area contributed by atoms with Gasteiger partial charge in [0.2, 0.25) is 0 Å². The lowest BCUT2D eigenvalue weighted by Crippen LogP contribution is -2.07. The molecule has 1 aromatic carbocycles. The van der Waals surface area contributed by atoms with E-state index in [0.717, 1.165) is 38.9 Å². The Kier molecular flexibility index (Phi) is 2.60. The van der Waals surface area contributed by atoms with Gasteiger partial charge in [0.05, 0.1) is 16.2 Å². The number of benzene rings is 1. The number of hydrogen-bond donors (Lipinski definition) is 0. The SMILES string of the molecule is Clc1cc2c3c(nnc2cc1Br)CCCC3. The van der Waals surface area contributed by atoms with Crippen LogP contribution in [-0.2, 0) is 12.8 Å². The molecule has 0 fully saturated rings. The Morgan fingerprint density at radius 2 is 1.94 bits per heavy atom. The number of nitrogens with zero attached hydrogens (tertiary/aromatic N) is 2. The predicted molar refractivity (Wildman–Crippen MR) is 68.9 cm³/mol. The minimum Gasteiger partial charge on any atom is -0.155 e. The fraction of sp³-hybridized carbons (Fsp3) is 0.333. The van der Waals surface area contributed by atoms with Gasteiger partial charge in [-0.2, -0.15) is 10.2 Å². The van der Waals surface area contributed by atoms with Gasteiger partial charge >= 0.3 is 0 Å². The van der Waals surface area contributed by atoms with Gasteiger partial charge in [-0.15, -0.1) is 0 Å². The highest BCUT2D eigenvalue weighted by molar-refractivity contribution is 9.10. The van der Waals surface area contributed by atoms with Crippen molar-refractivity contribution in [1.29, 1.82) is 0 Å². The normalized spacial score (nSPS) is 15.1. The van der Waals surface area contributed by atoms with Crippen molar-refractivity contribution in [2.45, 2.75) is 25.7 Å². The molecule has 0 unspecified atom stereocenters. The highest BCUT2D eigenvalue weighted by Gasteiger charge is 2.15. The van der Waals surface area contributed by atoms with Crippen molar-refractivity contribution in [1.82, 2.24) is 10.2 Å². The van der Waals surface area contributed by atoms with Crippen LogP contribution < -0.4 is 0 Å². The fourth-order valence-electron chi connectivity index (χ4n) is 2.26. The summed E-state index contributed by atoms with van der Waals surface area (Å²) in [7, 11) is 0. The van der Waals surface area contributed by atoms with Crippen molar-refractivity contribution in [3.63, 3.8) is 0 Å². The van der Waals surface area contributed by atoms with E-state index < -0.39 is 0 Å². The monoisotopic (exact) mass is 296 g/mol. The number of fused-ring (bicyclic) bond motifs is 3. The van der Waals surface area contributed by atoms with Crippen molar-refractivity contribution >= 4 is 38.4 Å². The molecule has 16 heavy (non-hydrogen) atoms. The Balaban J connectivity index is 2.34. The first-order chi connectivity index (χ1) is 7.75. The van der Waals surface area contributed by atoms with Gasteiger partial charge in [0.25, 0.3) is 0 Å². The summed E-state index contributed by atoms with van der Waals surface area (Å²) in [5, 5.41) is 10.5. The van der Waals surface area contributed by atoms with Gasteiger partial charge < -0.3 is 0 Å². The van der Waals surface area contributed by atoms with E-state index in [1.54, 1.807) is 0 Å². The van der Waals surface area contributed by atoms with Gasteiger partial charge in [-0.05, 0) is 59.3 Å². The Hall–Kier alpha value is -0.670. The standard InChI is InChI=1S/C12H10BrClN2/c13-9-6-12-8(5-10(9)14)7-3-1-2-4-11(7)15-16-12/h5-6H,1-4H2. The number of halogens is 2. The third-order valence-electron chi connectivity index (χ3n) is 3.08. The molecule has 1 heterocycles. The van der Waals surface area contributed by atoms with Crippen LogP contribution in [-0.4, -0.2) is 10.2 Å². The van der Waals surface area contributed by atoms with Crippen molar-refractivity contribution in [2.75, 3.05) is 0 Å². The second kappa shape index (κ2) is 3.97. The Labute approximate surface area is 107 Å². The average molecular weight is 298 g/mol. The predicted octanol–water partition coefficient (Wildman–Crippen LogP) is 3.92. The number of aromatic nitrogens is 2. The van der Waals surface area contributed by atoms with Gasteiger partial charge in [0.15, 0.2) is 0 Å². The molecule has 0 saturated carbocycles. The van der Waals surface area contributed by atoms with Crippen LogP contribution in [0.1, 0.15) is 24.1 Å². The van der Waals surface area contributed by atoms with Crippen LogP contribution in [0, 0.1) is 0 Å². The van der Waals surface area contributed by atoms with E-state index >= 15 is 0 Å². The minimum absolute atomic E-state index is 0.744. The summed E-state index contributed by atoms with van der Waals surface area (Å²) in [6, 6.07) is 3.94. The molecule has 4 heteroatoms. The summed E-state index contributed by atoms with van der Waals surface area (Å²) in [5.41, 5.74) is 3.42. The van der Waals surface area contributed by atoms with Crippen LogP contribution in [0.15, 0.2) is 16.6 Å². The molecule has 1 aliphatic carbocycles. The molecule has 0 atom stereocenters. The summed E-state index contributed by atoms with van der Waals surface area (Å²) in [6.07, 6.45) is 4.60. The van der Waals surface area contributed by atoms with Crippen molar-refractivity contribution in [3.05, 3.63) is 32.9 Å². The summed E-state index contributed by atoms with van der Waals surface area (Å²) in [5.74, 6) is 0. The van der Waals surface area contributed by atoms with Crippen LogP contribution in [0.25, 0.3) is 10.9 Å². The van der Waals surface area contributed by atoms with Crippen molar-refractivity contribution in [2.24, 2.45) is 0 Å². The average Bonchev–Trinajstić information content (AvgIpc) is 2.31. The smallest absolute Gasteiger partial charge is 0.0944 e. The molecule has 0 aliphatic heterocycles. The fourth-order valence-corrected chi connectivity index (χ4v) is 2.76. The Morgan fingerprint density at radius 1 is 1.12 bits per heavy atom. The van der Waals surface area contributed by atoms with Gasteiger partial charge in [-0.3, -0.25) is 0 Å². The second-order valence-corrected chi connectivity index (χ2v) is 5.38. The van der Waals surface area contributed by atoms with E-state index in [1.165, 1.54) is 18.4 Å². The van der Waals surface area contributed by atoms with E-state index in [-0.39, 0.29) is 0 Å². The van der Waals surface area contributed by atoms with Crippen LogP contribution >= 0.6 is 27.5 Å². The zero-order valence-corrected chi connectivity index (χ0v) is 11.0. The summed E-state index contributed by atoms with van der Waals surface area (Å²) < 4.78 is 0.881. The van der Waals surface area contributed by atoms with Crippen LogP contribution in [0.3, 0.4) is 0 Å². The lowest BCUT2D eigenvalue weighted by Gasteiger charge is -2.16. The Morgan fingerprint density at radius 3 is 2.81 bits per heavy atom. The topological polar surface area (TPSA) is 25.8 Å². The number of aryl methyl sites for hydroxylation is 2. The van der Waals surface area contributed by atoms with Crippen molar-refractivity contribution < 1.29 is 0 Å². The molecule has 0 saturated heterocycles. The molecule has 3 rings (SSSR count). The van der Waals surface area contributed by atoms with E-state index in [1.807, 2.05) is 12.1 Å². The maximum Gasteiger partial charge on any atom is 0.0944 e. The first-order valence-corrected chi connectivity index (χ1v) is 6.56. The van der Waals surface area contributed by atoms with E-state index in [4.69, 9.17) is 11.6 Å². The van der Waals surface area contributed by atoms with Crippen LogP contribution in [0.4, 0.5) is 0 Å². The zero-order chi connectivity index (χ0) is 11.1. The highest BCUT2D eigenvalue weighted by Crippen LogP contribution is 2.32. The van der Waals surface area contributed by atoms with Crippen LogP contribution in [0.2, 0.25) is 5.02 Å². The molecular weight excluding hydrogens is 288 g/mol. The molecule has 82 valence electrons. The quantitative estimate of drug-likeness (QED) is 0.736. The molecule has 0 spiro atoms. The second-order valence-electron chi connectivity index (χ2n) is 4.12. The highest BCUT2D eigenvalue weighted by atomic mass is 79.9. The molecule has 2 nitrogen and oxygen atoms in total. The summed E-state index contributed by atoms with van der Waals surface area (Å²) in [6.45, 7) is 0. The number of hydrogen-bond acceptors (Lipinski definition) is 2. The maximum absolute atomic E-state index is 6.14. The molecule has 0 radical (unpaired) electrons. The van der Waals surface area contributed by atoms with E-state index in [9.17, 15) is 0 Å². The molecule has 0 bridgehead atoms. The van der Waals surface area contributed by atoms with Crippen molar-refractivity contribution in [3.8, 4) is 0 Å². The molecule has 1 aromatic heterocycles. The van der Waals surface area contributed by atoms with E-state index in [0.29, 0.717) is 0 Å². The maximum atomic E-state index is 6.14. The first-order valence-electron chi connectivity index (χ1n) is 5.39. The summed E-state index contributed by atoms with van der Waals surface area (Å²) >= 11 is 9.55. The lowest BCUT2D eigenvalue weighted by molar-refractivity contribution is 0.662. The van der Waals surface area contributed by atoms with E-state index in [2.05, 4.69) is 26.1 Å². The van der Waals surface area contributed by atoms with Gasteiger partial charge in [-0.25, -0.2) is 0 Å². The molecule has 2 aromatic rings. The Bertz CT molecular complexity index is 568. The van der Waals surface area contributed by atoms with Gasteiger partial charge in [0, 0.05) is 9.86 Å². The molecule has 0 N–H and O–H groups in total. The minimum atomic E-state index is 0.744. The first kappa shape index (κ1) is 10.5. The molecule has 0 amide bonds. The van der Waals surface area contributed by atoms with Gasteiger partial charge in [0.1, 0.15) is 0 Å². The lowest BCUT2D eigenvalue weighted by atomic mass is 9.93. The van der Waals surface area contributed by atoms with Gasteiger partial charge in [-0.1, -0.05) is 11.6 Å². The third-order valence-corrected chi connectivity index (χ3v) is 4.28. The van der Waals surface area contributed by atoms with Crippen LogP contribution in [0.5, 0.6) is 0 Å². The molecular formula is C12H10BrClN2. The summed E-state index contributed by atoms with van der Waals surface area (Å²) in [4.78, 5) is 0. The largest absolute Gasteiger partial charge is 0.155 e. The number of rotatable bonds is 0. The zero-order valence-electron chi connectivity index (χ0n) is 8.63.